The highest BCUT2D eigenvalue weighted by Gasteiger charge is 2.12. The van der Waals surface area contributed by atoms with Crippen molar-refractivity contribution in [2.75, 3.05) is 19.0 Å². The first-order valence-electron chi connectivity index (χ1n) is 9.45. The number of nitrogens with one attached hydrogen (secondary N) is 1. The van der Waals surface area contributed by atoms with E-state index in [2.05, 4.69) is 5.32 Å². The maximum Gasteiger partial charge on any atom is 0.338 e. The number of ether oxygens (including phenoxy) is 3. The summed E-state index contributed by atoms with van der Waals surface area (Å²) in [5, 5.41) is 2.64. The molecule has 0 aromatic heterocycles. The van der Waals surface area contributed by atoms with Crippen molar-refractivity contribution >= 4 is 23.5 Å². The van der Waals surface area contributed by atoms with Crippen LogP contribution in [0.15, 0.2) is 72.8 Å². The number of amides is 1. The molecular formula is C24H21NO6. The van der Waals surface area contributed by atoms with Gasteiger partial charge in [-0.15, -0.1) is 0 Å². The summed E-state index contributed by atoms with van der Waals surface area (Å²) in [6.07, 6.45) is 0. The summed E-state index contributed by atoms with van der Waals surface area (Å²) in [5.41, 5.74) is 2.59. The third kappa shape index (κ3) is 5.93. The minimum Gasteiger partial charge on any atom is -0.495 e. The molecule has 7 nitrogen and oxygen atoms in total. The van der Waals surface area contributed by atoms with Crippen molar-refractivity contribution in [1.29, 1.82) is 0 Å². The van der Waals surface area contributed by atoms with Crippen molar-refractivity contribution in [2.45, 2.75) is 6.92 Å². The van der Waals surface area contributed by atoms with Gasteiger partial charge in [0.1, 0.15) is 11.5 Å². The van der Waals surface area contributed by atoms with Crippen LogP contribution < -0.4 is 14.8 Å². The van der Waals surface area contributed by atoms with Gasteiger partial charge in [0.2, 0.25) is 0 Å². The molecule has 0 atom stereocenters. The second-order valence-corrected chi connectivity index (χ2v) is 6.52. The molecule has 7 heteroatoms. The van der Waals surface area contributed by atoms with E-state index in [0.29, 0.717) is 22.7 Å². The zero-order chi connectivity index (χ0) is 22.2. The van der Waals surface area contributed by atoms with Crippen molar-refractivity contribution in [1.82, 2.24) is 0 Å². The Labute approximate surface area is 179 Å². The van der Waals surface area contributed by atoms with Gasteiger partial charge in [0, 0.05) is 6.92 Å². The van der Waals surface area contributed by atoms with Crippen molar-refractivity contribution < 1.29 is 28.6 Å². The Balaban J connectivity index is 1.56. The normalized spacial score (nSPS) is 10.1. The quantitative estimate of drug-likeness (QED) is 0.458. The topological polar surface area (TPSA) is 90.9 Å². The van der Waals surface area contributed by atoms with E-state index in [4.69, 9.17) is 14.2 Å². The van der Waals surface area contributed by atoms with E-state index >= 15 is 0 Å². The fraction of sp³-hybridized carbons (Fsp3) is 0.125. The van der Waals surface area contributed by atoms with Crippen molar-refractivity contribution in [3.8, 4) is 22.6 Å². The molecule has 0 saturated heterocycles. The zero-order valence-electron chi connectivity index (χ0n) is 17.1. The van der Waals surface area contributed by atoms with E-state index < -0.39 is 18.5 Å². The van der Waals surface area contributed by atoms with Crippen LogP contribution in [0, 0.1) is 0 Å². The number of hydrogen-bond donors (Lipinski definition) is 1. The minimum absolute atomic E-state index is 0.324. The molecule has 3 rings (SSSR count). The van der Waals surface area contributed by atoms with E-state index in [1.165, 1.54) is 14.0 Å². The summed E-state index contributed by atoms with van der Waals surface area (Å²) >= 11 is 0. The first-order chi connectivity index (χ1) is 15.0. The number of benzene rings is 3. The molecule has 0 aliphatic heterocycles. The molecule has 1 N–H and O–H groups in total. The number of rotatable bonds is 7. The van der Waals surface area contributed by atoms with Gasteiger partial charge in [0.15, 0.2) is 6.61 Å². The van der Waals surface area contributed by atoms with E-state index in [9.17, 15) is 14.4 Å². The summed E-state index contributed by atoms with van der Waals surface area (Å²) in [4.78, 5) is 35.3. The molecule has 1 amide bonds. The summed E-state index contributed by atoms with van der Waals surface area (Å²) in [5.74, 6) is -0.483. The van der Waals surface area contributed by atoms with Crippen LogP contribution in [-0.2, 0) is 14.3 Å². The molecule has 3 aromatic rings. The van der Waals surface area contributed by atoms with Gasteiger partial charge in [-0.25, -0.2) is 4.79 Å². The molecule has 158 valence electrons. The predicted molar refractivity (Wildman–Crippen MR) is 115 cm³/mol. The second kappa shape index (κ2) is 10.1. The Hall–Kier alpha value is -4.13. The highest BCUT2D eigenvalue weighted by atomic mass is 16.5. The Morgan fingerprint density at radius 2 is 1.45 bits per heavy atom. The van der Waals surface area contributed by atoms with Gasteiger partial charge < -0.3 is 19.5 Å². The molecule has 0 heterocycles. The molecule has 0 aliphatic rings. The van der Waals surface area contributed by atoms with E-state index in [1.54, 1.807) is 60.7 Å². The number of carbonyl (C=O) groups is 3. The Morgan fingerprint density at radius 3 is 2.06 bits per heavy atom. The molecule has 0 spiro atoms. The molecule has 0 radical (unpaired) electrons. The predicted octanol–water partition coefficient (Wildman–Crippen LogP) is 4.08. The highest BCUT2D eigenvalue weighted by Crippen LogP contribution is 2.24. The van der Waals surface area contributed by atoms with E-state index in [-0.39, 0.29) is 5.97 Å². The van der Waals surface area contributed by atoms with Crippen LogP contribution in [0.1, 0.15) is 17.3 Å². The van der Waals surface area contributed by atoms with Gasteiger partial charge in [0.05, 0.1) is 18.4 Å². The third-order valence-electron chi connectivity index (χ3n) is 4.29. The van der Waals surface area contributed by atoms with Crippen molar-refractivity contribution in [3.05, 3.63) is 78.4 Å². The second-order valence-electron chi connectivity index (χ2n) is 6.52. The Bertz CT molecular complexity index is 1070. The van der Waals surface area contributed by atoms with Crippen molar-refractivity contribution in [2.24, 2.45) is 0 Å². The molecular weight excluding hydrogens is 398 g/mol. The number of para-hydroxylation sites is 2. The lowest BCUT2D eigenvalue weighted by Gasteiger charge is -2.10. The van der Waals surface area contributed by atoms with Gasteiger partial charge in [0.25, 0.3) is 5.91 Å². The van der Waals surface area contributed by atoms with Crippen LogP contribution in [-0.4, -0.2) is 31.6 Å². The molecule has 0 fully saturated rings. The van der Waals surface area contributed by atoms with Gasteiger partial charge in [-0.3, -0.25) is 9.59 Å². The minimum atomic E-state index is -0.605. The first kappa shape index (κ1) is 21.6. The van der Waals surface area contributed by atoms with E-state index in [1.807, 2.05) is 12.1 Å². The van der Waals surface area contributed by atoms with Crippen LogP contribution in [0.2, 0.25) is 0 Å². The number of anilines is 1. The SMILES string of the molecule is COc1ccccc1NC(=O)COC(=O)c1ccc(-c2ccc(OC(C)=O)cc2)cc1. The smallest absolute Gasteiger partial charge is 0.338 e. The van der Waals surface area contributed by atoms with Crippen LogP contribution in [0.25, 0.3) is 11.1 Å². The van der Waals surface area contributed by atoms with Crippen LogP contribution >= 0.6 is 0 Å². The molecule has 0 aliphatic carbocycles. The molecule has 31 heavy (non-hydrogen) atoms. The average molecular weight is 419 g/mol. The molecule has 0 saturated carbocycles. The number of esters is 2. The van der Waals surface area contributed by atoms with Gasteiger partial charge in [-0.1, -0.05) is 36.4 Å². The summed E-state index contributed by atoms with van der Waals surface area (Å²) in [7, 11) is 1.50. The lowest BCUT2D eigenvalue weighted by atomic mass is 10.0. The van der Waals surface area contributed by atoms with Gasteiger partial charge in [-0.05, 0) is 47.5 Å². The maximum absolute atomic E-state index is 12.2. The summed E-state index contributed by atoms with van der Waals surface area (Å²) in [6.45, 7) is 0.921. The fourth-order valence-corrected chi connectivity index (χ4v) is 2.83. The monoisotopic (exact) mass is 419 g/mol. The lowest BCUT2D eigenvalue weighted by Crippen LogP contribution is -2.21. The molecule has 3 aromatic carbocycles. The summed E-state index contributed by atoms with van der Waals surface area (Å²) < 4.78 is 15.3. The maximum atomic E-state index is 12.2. The van der Waals surface area contributed by atoms with Crippen LogP contribution in [0.5, 0.6) is 11.5 Å². The zero-order valence-corrected chi connectivity index (χ0v) is 17.1. The number of hydrogen-bond acceptors (Lipinski definition) is 6. The Kier molecular flexibility index (Phi) is 7.01. The standard InChI is InChI=1S/C24H21NO6/c1-16(26)31-20-13-11-18(12-14-20)17-7-9-19(10-8-17)24(28)30-15-23(27)25-21-5-3-4-6-22(21)29-2/h3-14H,15H2,1-2H3,(H,25,27). The van der Waals surface area contributed by atoms with Gasteiger partial charge >= 0.3 is 11.9 Å². The largest absolute Gasteiger partial charge is 0.495 e. The lowest BCUT2D eigenvalue weighted by molar-refractivity contribution is -0.131. The van der Waals surface area contributed by atoms with Gasteiger partial charge in [-0.2, -0.15) is 0 Å². The first-order valence-corrected chi connectivity index (χ1v) is 9.45. The highest BCUT2D eigenvalue weighted by molar-refractivity contribution is 5.96. The van der Waals surface area contributed by atoms with Crippen LogP contribution in [0.3, 0.4) is 0 Å². The van der Waals surface area contributed by atoms with Crippen molar-refractivity contribution in [3.63, 3.8) is 0 Å². The number of methoxy groups -OCH3 is 1. The van der Waals surface area contributed by atoms with Crippen LogP contribution in [0.4, 0.5) is 5.69 Å². The molecule has 0 unspecified atom stereocenters. The molecule has 0 bridgehead atoms. The fourth-order valence-electron chi connectivity index (χ4n) is 2.83. The number of carbonyl (C=O) groups excluding carboxylic acids is 3. The Morgan fingerprint density at radius 1 is 0.839 bits per heavy atom. The average Bonchev–Trinajstić information content (AvgIpc) is 2.78. The summed E-state index contributed by atoms with van der Waals surface area (Å²) in [6, 6.07) is 20.7. The third-order valence-corrected chi connectivity index (χ3v) is 4.29. The van der Waals surface area contributed by atoms with E-state index in [0.717, 1.165) is 11.1 Å².